The minimum atomic E-state index is -3.24. The number of piperidine rings is 1. The van der Waals surface area contributed by atoms with Gasteiger partial charge in [-0.25, -0.2) is 13.1 Å². The summed E-state index contributed by atoms with van der Waals surface area (Å²) < 4.78 is 30.1. The molecule has 1 fully saturated rings. The van der Waals surface area contributed by atoms with Crippen molar-refractivity contribution in [3.63, 3.8) is 0 Å². The molecule has 1 amide bonds. The Morgan fingerprint density at radius 1 is 1.50 bits per heavy atom. The maximum atomic E-state index is 12.2. The molecule has 1 aromatic heterocycles. The number of sulfonamides is 1. The highest BCUT2D eigenvalue weighted by Crippen LogP contribution is 2.13. The molecule has 0 radical (unpaired) electrons. The topological polar surface area (TPSA) is 105 Å². The minimum absolute atomic E-state index is 0.0382. The van der Waals surface area contributed by atoms with Crippen LogP contribution in [0.2, 0.25) is 0 Å². The lowest BCUT2D eigenvalue weighted by molar-refractivity contribution is -0.132. The van der Waals surface area contributed by atoms with Gasteiger partial charge in [0.25, 0.3) is 0 Å². The highest BCUT2D eigenvalue weighted by Gasteiger charge is 2.25. The van der Waals surface area contributed by atoms with Crippen molar-refractivity contribution < 1.29 is 17.7 Å². The lowest BCUT2D eigenvalue weighted by Crippen LogP contribution is -2.49. The van der Waals surface area contributed by atoms with Gasteiger partial charge in [-0.1, -0.05) is 5.16 Å². The summed E-state index contributed by atoms with van der Waals surface area (Å²) >= 11 is 0. The van der Waals surface area contributed by atoms with E-state index in [2.05, 4.69) is 14.9 Å². The quantitative estimate of drug-likeness (QED) is 0.801. The molecule has 124 valence electrons. The van der Waals surface area contributed by atoms with E-state index in [4.69, 9.17) is 4.52 Å². The monoisotopic (exact) mass is 330 g/mol. The van der Waals surface area contributed by atoms with E-state index in [0.29, 0.717) is 44.1 Å². The molecule has 1 atom stereocenters. The summed E-state index contributed by atoms with van der Waals surface area (Å²) in [6.45, 7) is 2.87. The first-order valence-corrected chi connectivity index (χ1v) is 9.27. The SMILES string of the molecule is Cc1noc(CCCC(=O)N2CCC[C@@H](NS(C)(=O)=O)C2)n1. The molecule has 0 aliphatic carbocycles. The van der Waals surface area contributed by atoms with Crippen LogP contribution in [-0.4, -0.2) is 54.8 Å². The Bertz CT molecular complexity index is 613. The molecule has 2 heterocycles. The third-order valence-electron chi connectivity index (χ3n) is 3.51. The Balaban J connectivity index is 1.76. The van der Waals surface area contributed by atoms with E-state index in [1.165, 1.54) is 0 Å². The fourth-order valence-corrected chi connectivity index (χ4v) is 3.39. The first-order valence-electron chi connectivity index (χ1n) is 7.38. The smallest absolute Gasteiger partial charge is 0.226 e. The fraction of sp³-hybridized carbons (Fsp3) is 0.769. The van der Waals surface area contributed by atoms with Gasteiger partial charge in [0.1, 0.15) is 0 Å². The molecule has 0 spiro atoms. The number of hydrogen-bond donors (Lipinski definition) is 1. The second kappa shape index (κ2) is 7.19. The van der Waals surface area contributed by atoms with Crippen LogP contribution < -0.4 is 4.72 Å². The van der Waals surface area contributed by atoms with Crippen LogP contribution in [0.1, 0.15) is 37.4 Å². The molecule has 8 nitrogen and oxygen atoms in total. The summed E-state index contributed by atoms with van der Waals surface area (Å²) in [5, 5.41) is 3.70. The normalized spacial score (nSPS) is 19.4. The van der Waals surface area contributed by atoms with Gasteiger partial charge in [-0.3, -0.25) is 4.79 Å². The zero-order valence-electron chi connectivity index (χ0n) is 12.9. The third kappa shape index (κ3) is 5.38. The summed E-state index contributed by atoms with van der Waals surface area (Å²) in [5.74, 6) is 1.17. The number of amides is 1. The molecule has 1 N–H and O–H groups in total. The van der Waals surface area contributed by atoms with Gasteiger partial charge in [0.2, 0.25) is 21.8 Å². The summed E-state index contributed by atoms with van der Waals surface area (Å²) in [7, 11) is -3.24. The first kappa shape index (κ1) is 16.9. The standard InChI is InChI=1S/C13H22N4O4S/c1-10-14-12(21-15-10)6-3-7-13(18)17-8-4-5-11(9-17)16-22(2,19)20/h11,16H,3-9H2,1-2H3/t11-/m1/s1. The third-order valence-corrected chi connectivity index (χ3v) is 4.27. The predicted molar refractivity (Wildman–Crippen MR) is 79.6 cm³/mol. The second-order valence-electron chi connectivity index (χ2n) is 5.66. The van der Waals surface area contributed by atoms with Crippen molar-refractivity contribution >= 4 is 15.9 Å². The van der Waals surface area contributed by atoms with E-state index in [0.717, 1.165) is 19.1 Å². The largest absolute Gasteiger partial charge is 0.341 e. The number of hydrogen-bond acceptors (Lipinski definition) is 6. The highest BCUT2D eigenvalue weighted by atomic mass is 32.2. The molecule has 1 saturated heterocycles. The predicted octanol–water partition coefficient (Wildman–Crippen LogP) is 0.241. The van der Waals surface area contributed by atoms with Crippen molar-refractivity contribution in [2.24, 2.45) is 0 Å². The number of nitrogens with one attached hydrogen (secondary N) is 1. The molecule has 1 aromatic rings. The van der Waals surface area contributed by atoms with Gasteiger partial charge in [-0.05, 0) is 26.2 Å². The average molecular weight is 330 g/mol. The van der Waals surface area contributed by atoms with Crippen molar-refractivity contribution in [1.29, 1.82) is 0 Å². The zero-order chi connectivity index (χ0) is 16.2. The summed E-state index contributed by atoms with van der Waals surface area (Å²) in [6.07, 6.45) is 4.32. The summed E-state index contributed by atoms with van der Waals surface area (Å²) in [6, 6.07) is -0.189. The van der Waals surface area contributed by atoms with Crippen LogP contribution in [0.15, 0.2) is 4.52 Å². The minimum Gasteiger partial charge on any atom is -0.341 e. The van der Waals surface area contributed by atoms with E-state index in [-0.39, 0.29) is 11.9 Å². The Morgan fingerprint density at radius 2 is 2.27 bits per heavy atom. The van der Waals surface area contributed by atoms with Gasteiger partial charge in [0.05, 0.1) is 6.26 Å². The van der Waals surface area contributed by atoms with Gasteiger partial charge in [0.15, 0.2) is 5.82 Å². The van der Waals surface area contributed by atoms with Gasteiger partial charge < -0.3 is 9.42 Å². The van der Waals surface area contributed by atoms with E-state index in [1.54, 1.807) is 11.8 Å². The lowest BCUT2D eigenvalue weighted by Gasteiger charge is -2.32. The van der Waals surface area contributed by atoms with Gasteiger partial charge >= 0.3 is 0 Å². The summed E-state index contributed by atoms with van der Waals surface area (Å²) in [5.41, 5.74) is 0. The number of aromatic nitrogens is 2. The molecule has 0 saturated carbocycles. The number of rotatable bonds is 6. The van der Waals surface area contributed by atoms with Crippen molar-refractivity contribution in [3.8, 4) is 0 Å². The molecule has 1 aliphatic heterocycles. The molecular formula is C13H22N4O4S. The van der Waals surface area contributed by atoms with E-state index >= 15 is 0 Å². The number of carbonyl (C=O) groups is 1. The molecule has 9 heteroatoms. The van der Waals surface area contributed by atoms with Crippen molar-refractivity contribution in [2.75, 3.05) is 19.3 Å². The maximum absolute atomic E-state index is 12.2. The maximum Gasteiger partial charge on any atom is 0.226 e. The van der Waals surface area contributed by atoms with Crippen LogP contribution in [0.25, 0.3) is 0 Å². The number of likely N-dealkylation sites (tertiary alicyclic amines) is 1. The van der Waals surface area contributed by atoms with Crippen molar-refractivity contribution in [3.05, 3.63) is 11.7 Å². The highest BCUT2D eigenvalue weighted by molar-refractivity contribution is 7.88. The summed E-state index contributed by atoms with van der Waals surface area (Å²) in [4.78, 5) is 18.0. The molecule has 0 unspecified atom stereocenters. The number of aryl methyl sites for hydroxylation is 2. The number of carbonyl (C=O) groups excluding carboxylic acids is 1. The number of nitrogens with zero attached hydrogens (tertiary/aromatic N) is 3. The van der Waals surface area contributed by atoms with Crippen LogP contribution in [0, 0.1) is 6.92 Å². The Labute approximate surface area is 130 Å². The van der Waals surface area contributed by atoms with Crippen LogP contribution in [-0.2, 0) is 21.2 Å². The van der Waals surface area contributed by atoms with Crippen LogP contribution in [0.4, 0.5) is 0 Å². The molecule has 0 bridgehead atoms. The Kier molecular flexibility index (Phi) is 5.52. The average Bonchev–Trinajstić information content (AvgIpc) is 2.83. The first-order chi connectivity index (χ1) is 10.3. The fourth-order valence-electron chi connectivity index (χ4n) is 2.59. The van der Waals surface area contributed by atoms with Crippen LogP contribution in [0.5, 0.6) is 0 Å². The van der Waals surface area contributed by atoms with Crippen molar-refractivity contribution in [1.82, 2.24) is 19.8 Å². The molecule has 2 rings (SSSR count). The van der Waals surface area contributed by atoms with Gasteiger partial charge in [-0.2, -0.15) is 4.98 Å². The van der Waals surface area contributed by atoms with Crippen LogP contribution in [0.3, 0.4) is 0 Å². The van der Waals surface area contributed by atoms with E-state index in [9.17, 15) is 13.2 Å². The van der Waals surface area contributed by atoms with Crippen molar-refractivity contribution in [2.45, 2.75) is 45.1 Å². The van der Waals surface area contributed by atoms with E-state index in [1.807, 2.05) is 0 Å². The van der Waals surface area contributed by atoms with Gasteiger partial charge in [-0.15, -0.1) is 0 Å². The molecular weight excluding hydrogens is 308 g/mol. The van der Waals surface area contributed by atoms with Crippen LogP contribution >= 0.6 is 0 Å². The Hall–Kier alpha value is -1.48. The molecule has 1 aliphatic rings. The van der Waals surface area contributed by atoms with E-state index < -0.39 is 10.0 Å². The molecule has 0 aromatic carbocycles. The second-order valence-corrected chi connectivity index (χ2v) is 7.44. The molecule has 22 heavy (non-hydrogen) atoms. The van der Waals surface area contributed by atoms with Gasteiger partial charge in [0, 0.05) is 32.0 Å². The lowest BCUT2D eigenvalue weighted by atomic mass is 10.1. The zero-order valence-corrected chi connectivity index (χ0v) is 13.7. The Morgan fingerprint density at radius 3 is 2.91 bits per heavy atom.